The smallest absolute Gasteiger partial charge is 0.141 e. The molecule has 0 unspecified atom stereocenters. The van der Waals surface area contributed by atoms with Gasteiger partial charge in [0, 0.05) is 16.8 Å². The number of nitrogens with one attached hydrogen (secondary N) is 1. The number of nitrogens with two attached hydrogens (primary N) is 1. The van der Waals surface area contributed by atoms with Gasteiger partial charge in [0.15, 0.2) is 0 Å². The van der Waals surface area contributed by atoms with Gasteiger partial charge in [-0.2, -0.15) is 0 Å². The van der Waals surface area contributed by atoms with Gasteiger partial charge in [-0.05, 0) is 36.8 Å². The molecule has 0 spiro atoms. The summed E-state index contributed by atoms with van der Waals surface area (Å²) >= 11 is 0. The highest BCUT2D eigenvalue weighted by atomic mass is 15.0. The fourth-order valence-corrected chi connectivity index (χ4v) is 2.01. The first kappa shape index (κ1) is 11.5. The van der Waals surface area contributed by atoms with Crippen LogP contribution in [0.1, 0.15) is 5.56 Å². The third kappa shape index (κ3) is 2.20. The van der Waals surface area contributed by atoms with Gasteiger partial charge in [0.1, 0.15) is 12.1 Å². The summed E-state index contributed by atoms with van der Waals surface area (Å²) in [4.78, 5) is 8.55. The van der Waals surface area contributed by atoms with E-state index < -0.39 is 0 Å². The van der Waals surface area contributed by atoms with E-state index in [0.29, 0.717) is 5.69 Å². The molecule has 0 saturated heterocycles. The molecule has 0 amide bonds. The van der Waals surface area contributed by atoms with Crippen molar-refractivity contribution >= 4 is 28.1 Å². The minimum Gasteiger partial charge on any atom is -0.399 e. The Bertz CT molecular complexity index is 737. The molecule has 0 bridgehead atoms. The van der Waals surface area contributed by atoms with Crippen LogP contribution < -0.4 is 11.1 Å². The summed E-state index contributed by atoms with van der Waals surface area (Å²) in [6, 6.07) is 13.7. The molecule has 0 radical (unpaired) electrons. The largest absolute Gasteiger partial charge is 0.399 e. The van der Waals surface area contributed by atoms with Gasteiger partial charge in [-0.1, -0.05) is 18.2 Å². The van der Waals surface area contributed by atoms with Crippen LogP contribution in [0.25, 0.3) is 10.9 Å². The van der Waals surface area contributed by atoms with Crippen molar-refractivity contribution in [2.24, 2.45) is 0 Å². The maximum absolute atomic E-state index is 5.83. The van der Waals surface area contributed by atoms with E-state index >= 15 is 0 Å². The Labute approximate surface area is 111 Å². The summed E-state index contributed by atoms with van der Waals surface area (Å²) < 4.78 is 0. The molecule has 19 heavy (non-hydrogen) atoms. The summed E-state index contributed by atoms with van der Waals surface area (Å²) in [5, 5.41) is 4.26. The number of hydrogen-bond donors (Lipinski definition) is 2. The standard InChI is InChI=1S/C15H14N4/c1-10-4-2-3-5-13(10)19-15-12-8-11(16)6-7-14(12)17-9-18-15/h2-9H,16H2,1H3,(H,17,18,19). The molecule has 0 fully saturated rings. The Morgan fingerprint density at radius 1 is 1.05 bits per heavy atom. The molecule has 0 saturated carbocycles. The minimum absolute atomic E-state index is 0.704. The number of rotatable bonds is 2. The van der Waals surface area contributed by atoms with Crippen LogP contribution >= 0.6 is 0 Å². The van der Waals surface area contributed by atoms with Gasteiger partial charge in [0.25, 0.3) is 0 Å². The molecule has 0 atom stereocenters. The fourth-order valence-electron chi connectivity index (χ4n) is 2.01. The van der Waals surface area contributed by atoms with Crippen LogP contribution in [0.4, 0.5) is 17.2 Å². The van der Waals surface area contributed by atoms with Crippen LogP contribution in [0, 0.1) is 6.92 Å². The number of anilines is 3. The number of para-hydroxylation sites is 1. The van der Waals surface area contributed by atoms with Crippen molar-refractivity contribution < 1.29 is 0 Å². The van der Waals surface area contributed by atoms with Crippen LogP contribution in [-0.2, 0) is 0 Å². The topological polar surface area (TPSA) is 63.8 Å². The van der Waals surface area contributed by atoms with Gasteiger partial charge in [-0.15, -0.1) is 0 Å². The molecule has 1 aromatic heterocycles. The molecule has 2 aromatic carbocycles. The molecule has 94 valence electrons. The SMILES string of the molecule is Cc1ccccc1Nc1ncnc2ccc(N)cc12. The normalized spacial score (nSPS) is 10.6. The van der Waals surface area contributed by atoms with Crippen molar-refractivity contribution in [3.63, 3.8) is 0 Å². The second-order valence-corrected chi connectivity index (χ2v) is 4.44. The lowest BCUT2D eigenvalue weighted by atomic mass is 10.2. The zero-order valence-electron chi connectivity index (χ0n) is 10.6. The first-order chi connectivity index (χ1) is 9.24. The third-order valence-electron chi connectivity index (χ3n) is 3.06. The van der Waals surface area contributed by atoms with E-state index in [2.05, 4.69) is 28.3 Å². The number of hydrogen-bond acceptors (Lipinski definition) is 4. The molecule has 0 aliphatic heterocycles. The third-order valence-corrected chi connectivity index (χ3v) is 3.06. The van der Waals surface area contributed by atoms with Gasteiger partial charge >= 0.3 is 0 Å². The van der Waals surface area contributed by atoms with Gasteiger partial charge in [-0.25, -0.2) is 9.97 Å². The van der Waals surface area contributed by atoms with Crippen molar-refractivity contribution in [3.05, 3.63) is 54.4 Å². The maximum atomic E-state index is 5.83. The van der Waals surface area contributed by atoms with Crippen molar-refractivity contribution in [3.8, 4) is 0 Å². The number of fused-ring (bicyclic) bond motifs is 1. The Morgan fingerprint density at radius 2 is 1.89 bits per heavy atom. The van der Waals surface area contributed by atoms with Crippen molar-refractivity contribution in [2.45, 2.75) is 6.92 Å². The highest BCUT2D eigenvalue weighted by molar-refractivity contribution is 5.92. The second kappa shape index (κ2) is 4.57. The van der Waals surface area contributed by atoms with Crippen LogP contribution in [0.5, 0.6) is 0 Å². The Morgan fingerprint density at radius 3 is 2.74 bits per heavy atom. The van der Waals surface area contributed by atoms with Gasteiger partial charge in [0.05, 0.1) is 5.52 Å². The monoisotopic (exact) mass is 250 g/mol. The average molecular weight is 250 g/mol. The van der Waals surface area contributed by atoms with E-state index in [-0.39, 0.29) is 0 Å². The van der Waals surface area contributed by atoms with Crippen LogP contribution in [0.15, 0.2) is 48.8 Å². The number of aromatic nitrogens is 2. The summed E-state index contributed by atoms with van der Waals surface area (Å²) in [5.41, 5.74) is 9.61. The minimum atomic E-state index is 0.704. The number of nitrogens with zero attached hydrogens (tertiary/aromatic N) is 2. The molecule has 3 rings (SSSR count). The molecule has 3 N–H and O–H groups in total. The molecular weight excluding hydrogens is 236 g/mol. The quantitative estimate of drug-likeness (QED) is 0.685. The molecule has 4 nitrogen and oxygen atoms in total. The maximum Gasteiger partial charge on any atom is 0.141 e. The first-order valence-corrected chi connectivity index (χ1v) is 6.07. The lowest BCUT2D eigenvalue weighted by Crippen LogP contribution is -1.98. The summed E-state index contributed by atoms with van der Waals surface area (Å²) in [6.45, 7) is 2.06. The molecule has 4 heteroatoms. The summed E-state index contributed by atoms with van der Waals surface area (Å²) in [5.74, 6) is 0.770. The molecule has 1 heterocycles. The van der Waals surface area contributed by atoms with E-state index in [1.54, 1.807) is 6.33 Å². The highest BCUT2D eigenvalue weighted by Gasteiger charge is 2.05. The van der Waals surface area contributed by atoms with Gasteiger partial charge in [0.2, 0.25) is 0 Å². The Hall–Kier alpha value is -2.62. The van der Waals surface area contributed by atoms with Crippen LogP contribution in [0.2, 0.25) is 0 Å². The predicted octanol–water partition coefficient (Wildman–Crippen LogP) is 3.26. The van der Waals surface area contributed by atoms with E-state index in [1.807, 2.05) is 36.4 Å². The number of benzene rings is 2. The Kier molecular flexibility index (Phi) is 2.76. The highest BCUT2D eigenvalue weighted by Crippen LogP contribution is 2.25. The van der Waals surface area contributed by atoms with Crippen molar-refractivity contribution in [1.29, 1.82) is 0 Å². The van der Waals surface area contributed by atoms with E-state index in [9.17, 15) is 0 Å². The number of aryl methyl sites for hydroxylation is 1. The molecular formula is C15H14N4. The summed E-state index contributed by atoms with van der Waals surface area (Å²) in [6.07, 6.45) is 1.55. The zero-order valence-corrected chi connectivity index (χ0v) is 10.6. The summed E-state index contributed by atoms with van der Waals surface area (Å²) in [7, 11) is 0. The van der Waals surface area contributed by atoms with E-state index in [1.165, 1.54) is 0 Å². The van der Waals surface area contributed by atoms with Crippen molar-refractivity contribution in [1.82, 2.24) is 9.97 Å². The Balaban J connectivity index is 2.10. The van der Waals surface area contributed by atoms with Gasteiger partial charge in [-0.3, -0.25) is 0 Å². The van der Waals surface area contributed by atoms with Crippen molar-refractivity contribution in [2.75, 3.05) is 11.1 Å². The molecule has 3 aromatic rings. The second-order valence-electron chi connectivity index (χ2n) is 4.44. The fraction of sp³-hybridized carbons (Fsp3) is 0.0667. The average Bonchev–Trinajstić information content (AvgIpc) is 2.42. The zero-order chi connectivity index (χ0) is 13.2. The molecule has 0 aliphatic carbocycles. The number of nitrogen functional groups attached to an aromatic ring is 1. The molecule has 0 aliphatic rings. The van der Waals surface area contributed by atoms with Crippen LogP contribution in [-0.4, -0.2) is 9.97 Å². The van der Waals surface area contributed by atoms with E-state index in [0.717, 1.165) is 28.0 Å². The predicted molar refractivity (Wildman–Crippen MR) is 78.4 cm³/mol. The van der Waals surface area contributed by atoms with Crippen LogP contribution in [0.3, 0.4) is 0 Å². The van der Waals surface area contributed by atoms with E-state index in [4.69, 9.17) is 5.73 Å². The lowest BCUT2D eigenvalue weighted by molar-refractivity contribution is 1.21. The first-order valence-electron chi connectivity index (χ1n) is 6.07. The van der Waals surface area contributed by atoms with Gasteiger partial charge < -0.3 is 11.1 Å². The lowest BCUT2D eigenvalue weighted by Gasteiger charge is -2.10.